The minimum atomic E-state index is -1.18. The lowest BCUT2D eigenvalue weighted by atomic mass is 10.2. The average Bonchev–Trinajstić information content (AvgIpc) is 2.06. The zero-order chi connectivity index (χ0) is 8.10. The van der Waals surface area contributed by atoms with E-state index in [1.807, 2.05) is 30.3 Å². The van der Waals surface area contributed by atoms with Gasteiger partial charge >= 0.3 is 0 Å². The van der Waals surface area contributed by atoms with Crippen molar-refractivity contribution in [2.24, 2.45) is 0 Å². The first-order valence-electron chi connectivity index (χ1n) is 3.29. The SMILES string of the molecule is COS(=O)Cc1ccccc1. The lowest BCUT2D eigenvalue weighted by Gasteiger charge is -1.97. The van der Waals surface area contributed by atoms with Gasteiger partial charge in [-0.15, -0.1) is 0 Å². The Morgan fingerprint density at radius 2 is 2.00 bits per heavy atom. The lowest BCUT2D eigenvalue weighted by Crippen LogP contribution is -1.95. The van der Waals surface area contributed by atoms with E-state index in [0.717, 1.165) is 5.56 Å². The molecule has 0 aliphatic rings. The summed E-state index contributed by atoms with van der Waals surface area (Å²) < 4.78 is 15.5. The van der Waals surface area contributed by atoms with Crippen molar-refractivity contribution in [1.29, 1.82) is 0 Å². The minimum absolute atomic E-state index is 0.470. The molecular weight excluding hydrogens is 160 g/mol. The van der Waals surface area contributed by atoms with Gasteiger partial charge in [-0.2, -0.15) is 0 Å². The Morgan fingerprint density at radius 1 is 1.36 bits per heavy atom. The van der Waals surface area contributed by atoms with E-state index in [9.17, 15) is 4.21 Å². The van der Waals surface area contributed by atoms with E-state index in [1.165, 1.54) is 7.11 Å². The van der Waals surface area contributed by atoms with Crippen molar-refractivity contribution in [3.8, 4) is 0 Å². The van der Waals surface area contributed by atoms with E-state index >= 15 is 0 Å². The second kappa shape index (κ2) is 4.26. The molecule has 0 bridgehead atoms. The van der Waals surface area contributed by atoms with Gasteiger partial charge in [0.1, 0.15) is 0 Å². The first-order chi connectivity index (χ1) is 5.33. The van der Waals surface area contributed by atoms with Gasteiger partial charge in [-0.25, -0.2) is 4.21 Å². The van der Waals surface area contributed by atoms with Crippen LogP contribution >= 0.6 is 0 Å². The quantitative estimate of drug-likeness (QED) is 0.687. The van der Waals surface area contributed by atoms with E-state index in [2.05, 4.69) is 4.18 Å². The molecule has 0 aliphatic carbocycles. The molecule has 3 heteroatoms. The van der Waals surface area contributed by atoms with E-state index in [0.29, 0.717) is 5.75 Å². The summed E-state index contributed by atoms with van der Waals surface area (Å²) in [5, 5.41) is 0. The van der Waals surface area contributed by atoms with Gasteiger partial charge in [0, 0.05) is 0 Å². The van der Waals surface area contributed by atoms with Crippen LogP contribution in [0.2, 0.25) is 0 Å². The maximum Gasteiger partial charge on any atom is 0.159 e. The zero-order valence-electron chi connectivity index (χ0n) is 6.32. The first-order valence-corrected chi connectivity index (χ1v) is 4.54. The first kappa shape index (κ1) is 8.43. The third kappa shape index (κ3) is 2.82. The maximum atomic E-state index is 10.9. The van der Waals surface area contributed by atoms with Gasteiger partial charge in [0.15, 0.2) is 11.1 Å². The third-order valence-electron chi connectivity index (χ3n) is 1.31. The summed E-state index contributed by atoms with van der Waals surface area (Å²) in [5.74, 6) is 0.470. The van der Waals surface area contributed by atoms with Crippen molar-refractivity contribution < 1.29 is 8.39 Å². The second-order valence-corrected chi connectivity index (χ2v) is 3.33. The van der Waals surface area contributed by atoms with Crippen LogP contribution in [0.25, 0.3) is 0 Å². The molecule has 1 aromatic carbocycles. The van der Waals surface area contributed by atoms with Crippen molar-refractivity contribution in [1.82, 2.24) is 0 Å². The smallest absolute Gasteiger partial charge is 0.159 e. The largest absolute Gasteiger partial charge is 0.294 e. The molecule has 1 rings (SSSR count). The monoisotopic (exact) mass is 170 g/mol. The molecule has 0 aliphatic heterocycles. The van der Waals surface area contributed by atoms with Gasteiger partial charge in [-0.05, 0) is 5.56 Å². The molecule has 60 valence electrons. The Bertz CT molecular complexity index is 233. The molecule has 0 spiro atoms. The standard InChI is InChI=1S/C8H10O2S/c1-10-11(9)7-8-5-3-2-4-6-8/h2-6H,7H2,1H3. The molecule has 1 atom stereocenters. The van der Waals surface area contributed by atoms with E-state index in [1.54, 1.807) is 0 Å². The summed E-state index contributed by atoms with van der Waals surface area (Å²) in [6.45, 7) is 0. The zero-order valence-corrected chi connectivity index (χ0v) is 7.14. The Kier molecular flexibility index (Phi) is 3.26. The van der Waals surface area contributed by atoms with Crippen molar-refractivity contribution in [2.45, 2.75) is 5.75 Å². The van der Waals surface area contributed by atoms with Crippen LogP contribution in [0.5, 0.6) is 0 Å². The molecule has 2 nitrogen and oxygen atoms in total. The fourth-order valence-corrected chi connectivity index (χ4v) is 1.35. The van der Waals surface area contributed by atoms with Gasteiger partial charge in [0.25, 0.3) is 0 Å². The predicted octanol–water partition coefficient (Wildman–Crippen LogP) is 1.50. The Balaban J connectivity index is 2.58. The summed E-state index contributed by atoms with van der Waals surface area (Å²) in [7, 11) is 1.44. The van der Waals surface area contributed by atoms with Crippen LogP contribution < -0.4 is 0 Å². The van der Waals surface area contributed by atoms with Gasteiger partial charge in [-0.1, -0.05) is 30.3 Å². The van der Waals surface area contributed by atoms with Crippen molar-refractivity contribution in [2.75, 3.05) is 7.11 Å². The van der Waals surface area contributed by atoms with E-state index in [-0.39, 0.29) is 0 Å². The summed E-state index contributed by atoms with van der Waals surface area (Å²) in [4.78, 5) is 0. The molecular formula is C8H10O2S. The molecule has 0 radical (unpaired) electrons. The number of rotatable bonds is 3. The van der Waals surface area contributed by atoms with Crippen molar-refractivity contribution in [3.63, 3.8) is 0 Å². The molecule has 0 fully saturated rings. The molecule has 0 amide bonds. The van der Waals surface area contributed by atoms with E-state index < -0.39 is 11.1 Å². The molecule has 0 saturated carbocycles. The molecule has 1 unspecified atom stereocenters. The van der Waals surface area contributed by atoms with Gasteiger partial charge < -0.3 is 0 Å². The highest BCUT2D eigenvalue weighted by Crippen LogP contribution is 2.02. The maximum absolute atomic E-state index is 10.9. The molecule has 0 aromatic heterocycles. The summed E-state index contributed by atoms with van der Waals surface area (Å²) >= 11 is -1.18. The highest BCUT2D eigenvalue weighted by atomic mass is 32.2. The fraction of sp³-hybridized carbons (Fsp3) is 0.250. The van der Waals surface area contributed by atoms with E-state index in [4.69, 9.17) is 0 Å². The van der Waals surface area contributed by atoms with Crippen molar-refractivity contribution >= 4 is 11.1 Å². The van der Waals surface area contributed by atoms with Crippen LogP contribution in [-0.4, -0.2) is 11.3 Å². The molecule has 0 N–H and O–H groups in total. The van der Waals surface area contributed by atoms with Crippen LogP contribution in [0, 0.1) is 0 Å². The number of benzene rings is 1. The van der Waals surface area contributed by atoms with Gasteiger partial charge in [0.05, 0.1) is 12.9 Å². The third-order valence-corrected chi connectivity index (χ3v) is 2.25. The van der Waals surface area contributed by atoms with Crippen LogP contribution in [0.1, 0.15) is 5.56 Å². The Labute approximate surface area is 68.9 Å². The Hall–Kier alpha value is -0.670. The highest BCUT2D eigenvalue weighted by molar-refractivity contribution is 7.79. The lowest BCUT2D eigenvalue weighted by molar-refractivity contribution is 0.445. The second-order valence-electron chi connectivity index (χ2n) is 2.10. The Morgan fingerprint density at radius 3 is 2.55 bits per heavy atom. The van der Waals surface area contributed by atoms with Crippen LogP contribution in [0.4, 0.5) is 0 Å². The van der Waals surface area contributed by atoms with Crippen molar-refractivity contribution in [3.05, 3.63) is 35.9 Å². The molecule has 1 aromatic rings. The predicted molar refractivity (Wildman–Crippen MR) is 45.3 cm³/mol. The summed E-state index contributed by atoms with van der Waals surface area (Å²) in [6.07, 6.45) is 0. The van der Waals surface area contributed by atoms with Gasteiger partial charge in [0.2, 0.25) is 0 Å². The molecule has 0 heterocycles. The van der Waals surface area contributed by atoms with Crippen LogP contribution in [-0.2, 0) is 21.0 Å². The normalized spacial score (nSPS) is 12.8. The molecule has 0 saturated heterocycles. The number of hydrogen-bond acceptors (Lipinski definition) is 2. The summed E-state index contributed by atoms with van der Waals surface area (Å²) in [5.41, 5.74) is 1.03. The fourth-order valence-electron chi connectivity index (χ4n) is 0.769. The summed E-state index contributed by atoms with van der Waals surface area (Å²) in [6, 6.07) is 9.62. The topological polar surface area (TPSA) is 26.3 Å². The van der Waals surface area contributed by atoms with Crippen LogP contribution in [0.3, 0.4) is 0 Å². The molecule has 11 heavy (non-hydrogen) atoms. The minimum Gasteiger partial charge on any atom is -0.294 e. The average molecular weight is 170 g/mol. The highest BCUT2D eigenvalue weighted by Gasteiger charge is 1.97. The van der Waals surface area contributed by atoms with Gasteiger partial charge in [-0.3, -0.25) is 4.18 Å². The number of hydrogen-bond donors (Lipinski definition) is 0. The van der Waals surface area contributed by atoms with Crippen LogP contribution in [0.15, 0.2) is 30.3 Å².